The molecule has 1 N–H and O–H groups in total. The summed E-state index contributed by atoms with van der Waals surface area (Å²) < 4.78 is 5.70. The second-order valence-electron chi connectivity index (χ2n) is 4.66. The van der Waals surface area contributed by atoms with Crippen molar-refractivity contribution < 1.29 is 9.53 Å². The Kier molecular flexibility index (Phi) is 4.68. The first-order chi connectivity index (χ1) is 11.2. The molecule has 0 unspecified atom stereocenters. The van der Waals surface area contributed by atoms with E-state index in [9.17, 15) is 4.79 Å². The Labute approximate surface area is 137 Å². The molecular formula is C16H14N4O2S. The minimum absolute atomic E-state index is 0.0269. The summed E-state index contributed by atoms with van der Waals surface area (Å²) >= 11 is 1.48. The van der Waals surface area contributed by atoms with Gasteiger partial charge in [0.1, 0.15) is 11.3 Å². The van der Waals surface area contributed by atoms with Gasteiger partial charge in [0.05, 0.1) is 5.75 Å². The van der Waals surface area contributed by atoms with Crippen LogP contribution in [-0.4, -0.2) is 32.9 Å². The average molecular weight is 326 g/mol. The van der Waals surface area contributed by atoms with Crippen molar-refractivity contribution >= 4 is 34.5 Å². The second kappa shape index (κ2) is 7.06. The van der Waals surface area contributed by atoms with E-state index < -0.39 is 0 Å². The Morgan fingerprint density at radius 2 is 1.91 bits per heavy atom. The van der Waals surface area contributed by atoms with Gasteiger partial charge in [-0.3, -0.25) is 9.78 Å². The summed E-state index contributed by atoms with van der Waals surface area (Å²) in [4.78, 5) is 24.1. The molecule has 23 heavy (non-hydrogen) atoms. The number of carbonyl (C=O) groups is 1. The molecule has 3 rings (SSSR count). The smallest absolute Gasteiger partial charge is 0.234 e. The summed E-state index contributed by atoms with van der Waals surface area (Å²) in [6, 6.07) is 10.7. The second-order valence-corrected chi connectivity index (χ2v) is 5.52. The van der Waals surface area contributed by atoms with Crippen molar-refractivity contribution in [3.05, 3.63) is 48.8 Å². The van der Waals surface area contributed by atoms with Gasteiger partial charge in [0.2, 0.25) is 11.8 Å². The number of hydrogen-bond donors (Lipinski definition) is 1. The lowest BCUT2D eigenvalue weighted by atomic mass is 10.3. The fourth-order valence-corrected chi connectivity index (χ4v) is 2.28. The summed E-state index contributed by atoms with van der Waals surface area (Å²) in [5.74, 6) is 1.47. The predicted octanol–water partition coefficient (Wildman–Crippen LogP) is 3.12. The molecule has 0 fully saturated rings. The predicted molar refractivity (Wildman–Crippen MR) is 90.9 cm³/mol. The number of fused-ring (bicyclic) bond motifs is 1. The zero-order valence-corrected chi connectivity index (χ0v) is 13.2. The van der Waals surface area contributed by atoms with Gasteiger partial charge >= 0.3 is 0 Å². The molecule has 0 saturated carbocycles. The lowest BCUT2D eigenvalue weighted by Gasteiger charge is -2.07. The third-order valence-corrected chi connectivity index (χ3v) is 3.49. The molecule has 2 aromatic heterocycles. The molecule has 0 saturated heterocycles. The summed E-state index contributed by atoms with van der Waals surface area (Å²) in [6.07, 6.45) is 5.09. The van der Waals surface area contributed by atoms with Crippen LogP contribution in [0.5, 0.6) is 11.6 Å². The zero-order valence-electron chi connectivity index (χ0n) is 12.4. The number of amides is 1. The molecule has 1 amide bonds. The largest absolute Gasteiger partial charge is 0.439 e. The maximum Gasteiger partial charge on any atom is 0.234 e. The van der Waals surface area contributed by atoms with E-state index in [1.54, 1.807) is 42.7 Å². The van der Waals surface area contributed by atoms with E-state index in [0.717, 1.165) is 5.69 Å². The van der Waals surface area contributed by atoms with Crippen molar-refractivity contribution in [2.24, 2.45) is 0 Å². The van der Waals surface area contributed by atoms with Crippen LogP contribution in [0, 0.1) is 0 Å². The lowest BCUT2D eigenvalue weighted by Crippen LogP contribution is -2.13. The highest BCUT2D eigenvalue weighted by Gasteiger charge is 2.04. The number of nitrogens with zero attached hydrogens (tertiary/aromatic N) is 3. The first-order valence-corrected chi connectivity index (χ1v) is 8.28. The Morgan fingerprint density at radius 1 is 1.13 bits per heavy atom. The lowest BCUT2D eigenvalue weighted by molar-refractivity contribution is -0.113. The van der Waals surface area contributed by atoms with Crippen LogP contribution in [0.2, 0.25) is 0 Å². The molecule has 0 atom stereocenters. The van der Waals surface area contributed by atoms with Gasteiger partial charge in [-0.15, -0.1) is 0 Å². The van der Waals surface area contributed by atoms with Crippen LogP contribution >= 0.6 is 11.8 Å². The molecule has 6 nitrogen and oxygen atoms in total. The minimum Gasteiger partial charge on any atom is -0.439 e. The number of hydrogen-bond acceptors (Lipinski definition) is 6. The molecule has 0 spiro atoms. The van der Waals surface area contributed by atoms with E-state index in [4.69, 9.17) is 4.74 Å². The number of rotatable bonds is 5. The zero-order chi connectivity index (χ0) is 16.1. The van der Waals surface area contributed by atoms with Crippen LogP contribution in [0.4, 0.5) is 5.69 Å². The van der Waals surface area contributed by atoms with Gasteiger partial charge in [-0.05, 0) is 36.6 Å². The molecule has 0 aliphatic carbocycles. The SMILES string of the molecule is CSCC(=O)Nc1ccc(Oc2ccc3nccnc3n2)cc1. The van der Waals surface area contributed by atoms with Gasteiger partial charge in [-0.1, -0.05) is 0 Å². The molecule has 0 radical (unpaired) electrons. The molecular weight excluding hydrogens is 312 g/mol. The fraction of sp³-hybridized carbons (Fsp3) is 0.125. The van der Waals surface area contributed by atoms with Crippen LogP contribution in [0.15, 0.2) is 48.8 Å². The maximum atomic E-state index is 11.5. The van der Waals surface area contributed by atoms with Gasteiger partial charge in [0.15, 0.2) is 5.65 Å². The van der Waals surface area contributed by atoms with Crippen molar-refractivity contribution in [2.75, 3.05) is 17.3 Å². The quantitative estimate of drug-likeness (QED) is 0.776. The van der Waals surface area contributed by atoms with Crippen molar-refractivity contribution in [2.45, 2.75) is 0 Å². The Morgan fingerprint density at radius 3 is 2.70 bits per heavy atom. The van der Waals surface area contributed by atoms with Crippen LogP contribution in [0.3, 0.4) is 0 Å². The van der Waals surface area contributed by atoms with Crippen LogP contribution in [-0.2, 0) is 4.79 Å². The maximum absolute atomic E-state index is 11.5. The van der Waals surface area contributed by atoms with Gasteiger partial charge < -0.3 is 10.1 Å². The van der Waals surface area contributed by atoms with Crippen molar-refractivity contribution in [1.82, 2.24) is 15.0 Å². The standard InChI is InChI=1S/C16H14N4O2S/c1-23-10-14(21)19-11-2-4-12(5-3-11)22-15-7-6-13-16(20-15)18-9-8-17-13/h2-9H,10H2,1H3,(H,19,21). The highest BCUT2D eigenvalue weighted by Crippen LogP contribution is 2.22. The monoisotopic (exact) mass is 326 g/mol. The Hall–Kier alpha value is -2.67. The third-order valence-electron chi connectivity index (χ3n) is 2.94. The summed E-state index contributed by atoms with van der Waals surface area (Å²) in [5, 5.41) is 2.81. The normalized spacial score (nSPS) is 10.5. The summed E-state index contributed by atoms with van der Waals surface area (Å²) in [7, 11) is 0. The first-order valence-electron chi connectivity index (χ1n) is 6.89. The molecule has 7 heteroatoms. The number of ether oxygens (including phenoxy) is 1. The molecule has 0 bridgehead atoms. The summed E-state index contributed by atoms with van der Waals surface area (Å²) in [5.41, 5.74) is 1.98. The summed E-state index contributed by atoms with van der Waals surface area (Å²) in [6.45, 7) is 0. The van der Waals surface area contributed by atoms with Gasteiger partial charge in [0, 0.05) is 24.1 Å². The number of carbonyl (C=O) groups excluding carboxylic acids is 1. The van der Waals surface area contributed by atoms with Crippen LogP contribution in [0.1, 0.15) is 0 Å². The third kappa shape index (κ3) is 3.95. The van der Waals surface area contributed by atoms with E-state index in [0.29, 0.717) is 28.5 Å². The van der Waals surface area contributed by atoms with Gasteiger partial charge in [-0.2, -0.15) is 16.7 Å². The molecule has 1 aromatic carbocycles. The Bertz CT molecular complexity index is 824. The first kappa shape index (κ1) is 15.2. The van der Waals surface area contributed by atoms with Gasteiger partial charge in [-0.25, -0.2) is 4.98 Å². The van der Waals surface area contributed by atoms with Crippen LogP contribution in [0.25, 0.3) is 11.2 Å². The molecule has 3 aromatic rings. The number of anilines is 1. The van der Waals surface area contributed by atoms with E-state index >= 15 is 0 Å². The number of nitrogens with one attached hydrogen (secondary N) is 1. The van der Waals surface area contributed by atoms with E-state index in [1.165, 1.54) is 11.8 Å². The highest BCUT2D eigenvalue weighted by molar-refractivity contribution is 7.99. The highest BCUT2D eigenvalue weighted by atomic mass is 32.2. The van der Waals surface area contributed by atoms with E-state index in [2.05, 4.69) is 20.3 Å². The number of benzene rings is 1. The van der Waals surface area contributed by atoms with Crippen molar-refractivity contribution in [3.8, 4) is 11.6 Å². The minimum atomic E-state index is -0.0269. The number of thioether (sulfide) groups is 1. The van der Waals surface area contributed by atoms with Crippen LogP contribution < -0.4 is 10.1 Å². The van der Waals surface area contributed by atoms with Gasteiger partial charge in [0.25, 0.3) is 0 Å². The van der Waals surface area contributed by atoms with E-state index in [-0.39, 0.29) is 5.91 Å². The van der Waals surface area contributed by atoms with Crippen molar-refractivity contribution in [3.63, 3.8) is 0 Å². The molecule has 0 aliphatic heterocycles. The Balaban J connectivity index is 1.70. The topological polar surface area (TPSA) is 77.0 Å². The molecule has 0 aliphatic rings. The van der Waals surface area contributed by atoms with Crippen molar-refractivity contribution in [1.29, 1.82) is 0 Å². The molecule has 116 valence electrons. The molecule has 2 heterocycles. The number of pyridine rings is 1. The number of aromatic nitrogens is 3. The fourth-order valence-electron chi connectivity index (χ4n) is 1.95. The average Bonchev–Trinajstić information content (AvgIpc) is 2.57. The van der Waals surface area contributed by atoms with E-state index in [1.807, 2.05) is 12.3 Å².